The SMILES string of the molecule is CCC(=S)C(NC(=O)OC(c1ccccc1)C(F)(F)F)C(C)=N. The fraction of sp³-hybridized carbons (Fsp3) is 0.400. The molecule has 4 nitrogen and oxygen atoms in total. The summed E-state index contributed by atoms with van der Waals surface area (Å²) in [4.78, 5) is 12.2. The maximum absolute atomic E-state index is 13.1. The summed E-state index contributed by atoms with van der Waals surface area (Å²) in [5, 5.41) is 9.78. The van der Waals surface area contributed by atoms with E-state index in [4.69, 9.17) is 17.6 Å². The highest BCUT2D eigenvalue weighted by Crippen LogP contribution is 2.35. The predicted molar refractivity (Wildman–Crippen MR) is 84.9 cm³/mol. The molecule has 0 radical (unpaired) electrons. The predicted octanol–water partition coefficient (Wildman–Crippen LogP) is 4.20. The minimum Gasteiger partial charge on any atom is -0.432 e. The van der Waals surface area contributed by atoms with E-state index in [2.05, 4.69) is 10.1 Å². The van der Waals surface area contributed by atoms with Crippen LogP contribution in [0.15, 0.2) is 30.3 Å². The van der Waals surface area contributed by atoms with Gasteiger partial charge in [0, 0.05) is 16.1 Å². The summed E-state index contributed by atoms with van der Waals surface area (Å²) in [6.45, 7) is 3.14. The molecule has 0 aliphatic rings. The molecule has 0 spiro atoms. The Hall–Kier alpha value is -1.96. The largest absolute Gasteiger partial charge is 0.432 e. The first-order valence-corrected chi connectivity index (χ1v) is 7.24. The maximum Gasteiger partial charge on any atom is 0.429 e. The van der Waals surface area contributed by atoms with Crippen molar-refractivity contribution in [2.45, 2.75) is 38.6 Å². The molecular formula is C15H17F3N2O2S. The van der Waals surface area contributed by atoms with Crippen LogP contribution in [0.3, 0.4) is 0 Å². The van der Waals surface area contributed by atoms with Gasteiger partial charge in [0.2, 0.25) is 6.10 Å². The Morgan fingerprint density at radius 2 is 1.91 bits per heavy atom. The highest BCUT2D eigenvalue weighted by molar-refractivity contribution is 7.80. The number of alkyl halides is 3. The third kappa shape index (κ3) is 5.63. The van der Waals surface area contributed by atoms with Gasteiger partial charge in [-0.1, -0.05) is 49.5 Å². The van der Waals surface area contributed by atoms with Crippen LogP contribution in [0.25, 0.3) is 0 Å². The summed E-state index contributed by atoms with van der Waals surface area (Å²) in [6, 6.07) is 5.93. The van der Waals surface area contributed by atoms with Gasteiger partial charge in [0.05, 0.1) is 0 Å². The van der Waals surface area contributed by atoms with E-state index in [1.807, 2.05) is 0 Å². The fourth-order valence-corrected chi connectivity index (χ4v) is 2.08. The number of alkyl carbamates (subject to hydrolysis) is 1. The molecule has 2 atom stereocenters. The van der Waals surface area contributed by atoms with Crippen LogP contribution in [-0.2, 0) is 4.74 Å². The number of thiocarbonyl (C=S) groups is 1. The molecule has 2 N–H and O–H groups in total. The van der Waals surface area contributed by atoms with Crippen molar-refractivity contribution >= 4 is 28.9 Å². The first kappa shape index (κ1) is 19.1. The Labute approximate surface area is 137 Å². The van der Waals surface area contributed by atoms with Crippen LogP contribution in [0.4, 0.5) is 18.0 Å². The Balaban J connectivity index is 2.90. The molecule has 126 valence electrons. The van der Waals surface area contributed by atoms with E-state index in [0.29, 0.717) is 11.3 Å². The smallest absolute Gasteiger partial charge is 0.429 e. The van der Waals surface area contributed by atoms with Crippen molar-refractivity contribution in [3.05, 3.63) is 35.9 Å². The van der Waals surface area contributed by atoms with E-state index in [-0.39, 0.29) is 11.3 Å². The zero-order valence-electron chi connectivity index (χ0n) is 12.6. The van der Waals surface area contributed by atoms with Gasteiger partial charge in [-0.3, -0.25) is 0 Å². The molecule has 0 saturated carbocycles. The lowest BCUT2D eigenvalue weighted by Gasteiger charge is -2.23. The Bertz CT molecular complexity index is 576. The molecule has 1 amide bonds. The van der Waals surface area contributed by atoms with E-state index in [0.717, 1.165) is 0 Å². The molecule has 0 saturated heterocycles. The Morgan fingerprint density at radius 1 is 1.35 bits per heavy atom. The molecule has 1 aromatic carbocycles. The van der Waals surface area contributed by atoms with E-state index >= 15 is 0 Å². The van der Waals surface area contributed by atoms with Gasteiger partial charge in [0.1, 0.15) is 6.04 Å². The minimum atomic E-state index is -4.75. The zero-order valence-corrected chi connectivity index (χ0v) is 13.4. The molecule has 2 unspecified atom stereocenters. The molecule has 23 heavy (non-hydrogen) atoms. The van der Waals surface area contributed by atoms with Crippen LogP contribution < -0.4 is 5.32 Å². The van der Waals surface area contributed by atoms with Gasteiger partial charge in [-0.25, -0.2) is 4.79 Å². The monoisotopic (exact) mass is 346 g/mol. The van der Waals surface area contributed by atoms with Gasteiger partial charge in [-0.15, -0.1) is 0 Å². The molecule has 0 fully saturated rings. The fourth-order valence-electron chi connectivity index (χ4n) is 1.84. The minimum absolute atomic E-state index is 0.0251. The lowest BCUT2D eigenvalue weighted by Crippen LogP contribution is -2.45. The second-order valence-corrected chi connectivity index (χ2v) is 5.34. The average molecular weight is 346 g/mol. The number of carbonyl (C=O) groups is 1. The number of benzene rings is 1. The third-order valence-corrected chi connectivity index (χ3v) is 3.51. The third-order valence-electron chi connectivity index (χ3n) is 2.99. The van der Waals surface area contributed by atoms with Gasteiger partial charge in [0.15, 0.2) is 0 Å². The van der Waals surface area contributed by atoms with Crippen molar-refractivity contribution in [1.29, 1.82) is 5.41 Å². The molecule has 1 rings (SSSR count). The van der Waals surface area contributed by atoms with Gasteiger partial charge in [-0.05, 0) is 13.3 Å². The van der Waals surface area contributed by atoms with E-state index < -0.39 is 24.4 Å². The second kappa shape index (κ2) is 8.05. The lowest BCUT2D eigenvalue weighted by atomic mass is 10.1. The zero-order chi connectivity index (χ0) is 17.6. The van der Waals surface area contributed by atoms with Crippen LogP contribution in [0.1, 0.15) is 31.9 Å². The van der Waals surface area contributed by atoms with Crippen LogP contribution in [0.2, 0.25) is 0 Å². The van der Waals surface area contributed by atoms with Crippen LogP contribution in [0.5, 0.6) is 0 Å². The summed E-state index contributed by atoms with van der Waals surface area (Å²) in [5.74, 6) is 0. The number of hydrogen-bond donors (Lipinski definition) is 2. The second-order valence-electron chi connectivity index (χ2n) is 4.82. The van der Waals surface area contributed by atoms with Gasteiger partial charge >= 0.3 is 12.3 Å². The number of hydrogen-bond acceptors (Lipinski definition) is 4. The maximum atomic E-state index is 13.1. The summed E-state index contributed by atoms with van der Waals surface area (Å²) >= 11 is 5.02. The Morgan fingerprint density at radius 3 is 2.35 bits per heavy atom. The van der Waals surface area contributed by atoms with Gasteiger partial charge < -0.3 is 15.5 Å². The number of ether oxygens (including phenoxy) is 1. The summed E-state index contributed by atoms with van der Waals surface area (Å²) in [5.41, 5.74) is -0.159. The summed E-state index contributed by atoms with van der Waals surface area (Å²) in [6.07, 6.45) is -8.01. The highest BCUT2D eigenvalue weighted by atomic mass is 32.1. The molecule has 8 heteroatoms. The lowest BCUT2D eigenvalue weighted by molar-refractivity contribution is -0.206. The average Bonchev–Trinajstić information content (AvgIpc) is 2.49. The van der Waals surface area contributed by atoms with Crippen molar-refractivity contribution < 1.29 is 22.7 Å². The first-order chi connectivity index (χ1) is 10.7. The topological polar surface area (TPSA) is 62.2 Å². The van der Waals surface area contributed by atoms with Gasteiger partial charge in [0.25, 0.3) is 0 Å². The Kier molecular flexibility index (Phi) is 6.68. The number of rotatable bonds is 6. The van der Waals surface area contributed by atoms with Crippen LogP contribution in [0, 0.1) is 5.41 Å². The van der Waals surface area contributed by atoms with Crippen molar-refractivity contribution in [3.63, 3.8) is 0 Å². The first-order valence-electron chi connectivity index (χ1n) is 6.83. The summed E-state index contributed by atoms with van der Waals surface area (Å²) in [7, 11) is 0. The van der Waals surface area contributed by atoms with Gasteiger partial charge in [-0.2, -0.15) is 13.2 Å². The molecule has 0 aliphatic carbocycles. The van der Waals surface area contributed by atoms with Crippen molar-refractivity contribution in [3.8, 4) is 0 Å². The van der Waals surface area contributed by atoms with E-state index in [1.165, 1.54) is 31.2 Å². The number of amides is 1. The number of nitrogens with one attached hydrogen (secondary N) is 2. The quantitative estimate of drug-likeness (QED) is 0.599. The molecule has 0 heterocycles. The van der Waals surface area contributed by atoms with Crippen molar-refractivity contribution in [2.75, 3.05) is 0 Å². The molecule has 0 bridgehead atoms. The summed E-state index contributed by atoms with van der Waals surface area (Å²) < 4.78 is 43.9. The molecular weight excluding hydrogens is 329 g/mol. The number of halogens is 3. The molecule has 0 aromatic heterocycles. The molecule has 1 aromatic rings. The highest BCUT2D eigenvalue weighted by Gasteiger charge is 2.44. The standard InChI is InChI=1S/C15H17F3N2O2S/c1-3-11(23)12(9(2)19)20-14(21)22-13(15(16,17)18)10-7-5-4-6-8-10/h4-8,12-13,19H,3H2,1-2H3,(H,20,21). The van der Waals surface area contributed by atoms with Crippen LogP contribution in [-0.4, -0.2) is 28.9 Å². The van der Waals surface area contributed by atoms with Crippen molar-refractivity contribution in [2.24, 2.45) is 0 Å². The van der Waals surface area contributed by atoms with E-state index in [9.17, 15) is 18.0 Å². The van der Waals surface area contributed by atoms with E-state index in [1.54, 1.807) is 13.0 Å². The molecule has 0 aliphatic heterocycles. The van der Waals surface area contributed by atoms with Crippen LogP contribution >= 0.6 is 12.2 Å². The number of carbonyl (C=O) groups excluding carboxylic acids is 1. The van der Waals surface area contributed by atoms with Crippen molar-refractivity contribution in [1.82, 2.24) is 5.32 Å². The normalized spacial score (nSPS) is 13.8.